The van der Waals surface area contributed by atoms with Crippen molar-refractivity contribution in [2.45, 2.75) is 0 Å². The minimum absolute atomic E-state index is 0.155. The number of carbonyl (C=O) groups is 1. The van der Waals surface area contributed by atoms with Crippen LogP contribution in [0.15, 0.2) is 0 Å². The third-order valence-corrected chi connectivity index (χ3v) is 0.938. The van der Waals surface area contributed by atoms with Gasteiger partial charge in [-0.05, 0) is 7.60 Å². The Kier molecular flexibility index (Phi) is 2.68. The van der Waals surface area contributed by atoms with E-state index in [2.05, 4.69) is 0 Å². The van der Waals surface area contributed by atoms with Crippen LogP contribution in [0.3, 0.4) is 0 Å². The van der Waals surface area contributed by atoms with Gasteiger partial charge in [-0.25, -0.2) is 0 Å². The summed E-state index contributed by atoms with van der Waals surface area (Å²) in [5.41, 5.74) is 0. The lowest BCUT2D eigenvalue weighted by Gasteiger charge is -2.28. The maximum absolute atomic E-state index is 9.64. The molecule has 0 saturated carbocycles. The highest BCUT2D eigenvalue weighted by Crippen LogP contribution is 2.18. The van der Waals surface area contributed by atoms with Crippen LogP contribution >= 0.6 is 7.60 Å². The summed E-state index contributed by atoms with van der Waals surface area (Å²) in [5, 5.41) is 1.72. The summed E-state index contributed by atoms with van der Waals surface area (Å²) < 4.78 is 9.64. The Morgan fingerprint density at radius 3 is 2.25 bits per heavy atom. The second kappa shape index (κ2) is 2.81. The molecule has 0 atom stereocenters. The zero-order valence-corrected chi connectivity index (χ0v) is 4.76. The van der Waals surface area contributed by atoms with Crippen LogP contribution in [0.2, 0.25) is 0 Å². The Bertz CT molecular complexity index is 117. The number of hydrogen-bond donors (Lipinski definition) is 1. The van der Waals surface area contributed by atoms with E-state index < -0.39 is 13.9 Å². The molecular formula is C2H4NO4P-2. The normalized spacial score (nSPS) is 10.8. The Morgan fingerprint density at radius 1 is 1.62 bits per heavy atom. The third kappa shape index (κ3) is 5.62. The van der Waals surface area contributed by atoms with E-state index in [1.165, 1.54) is 0 Å². The standard InChI is InChI=1S/C2H6NO4P/c4-1-3-2-8(5,6)7/h1H,2H2,(H,3,4)(H2,5,6,7)/p-2. The van der Waals surface area contributed by atoms with Crippen LogP contribution in [0.4, 0.5) is 0 Å². The molecule has 6 heteroatoms. The van der Waals surface area contributed by atoms with Crippen LogP contribution in [0, 0.1) is 0 Å². The van der Waals surface area contributed by atoms with Crippen LogP contribution in [0.5, 0.6) is 0 Å². The summed E-state index contributed by atoms with van der Waals surface area (Å²) in [5.74, 6) is 0. The molecule has 0 fully saturated rings. The molecule has 0 bridgehead atoms. The summed E-state index contributed by atoms with van der Waals surface area (Å²) in [6, 6.07) is 0. The molecule has 0 heterocycles. The van der Waals surface area contributed by atoms with Gasteiger partial charge in [0.05, 0.1) is 0 Å². The molecule has 0 unspecified atom stereocenters. The Morgan fingerprint density at radius 2 is 2.12 bits per heavy atom. The van der Waals surface area contributed by atoms with Crippen molar-refractivity contribution in [3.8, 4) is 0 Å². The SMILES string of the molecule is O=CNCP(=O)([O-])[O-]. The second-order valence-corrected chi connectivity index (χ2v) is 2.63. The summed E-state index contributed by atoms with van der Waals surface area (Å²) in [6.45, 7) is 0. The molecule has 0 spiro atoms. The van der Waals surface area contributed by atoms with E-state index in [1.807, 2.05) is 0 Å². The topological polar surface area (TPSA) is 92.3 Å². The lowest BCUT2D eigenvalue weighted by Crippen LogP contribution is -2.25. The molecule has 5 nitrogen and oxygen atoms in total. The molecule has 0 aromatic heterocycles. The van der Waals surface area contributed by atoms with E-state index in [9.17, 15) is 19.1 Å². The predicted octanol–water partition coefficient (Wildman–Crippen LogP) is -2.40. The van der Waals surface area contributed by atoms with E-state index in [1.54, 1.807) is 5.32 Å². The molecule has 1 amide bonds. The molecule has 0 aliphatic carbocycles. The molecule has 0 radical (unpaired) electrons. The first kappa shape index (κ1) is 7.62. The maximum atomic E-state index is 9.64. The van der Waals surface area contributed by atoms with E-state index in [0.29, 0.717) is 0 Å². The van der Waals surface area contributed by atoms with Gasteiger partial charge in [-0.3, -0.25) is 4.79 Å². The van der Waals surface area contributed by atoms with Gasteiger partial charge >= 0.3 is 0 Å². The van der Waals surface area contributed by atoms with Crippen molar-refractivity contribution in [2.75, 3.05) is 6.29 Å². The van der Waals surface area contributed by atoms with Gasteiger partial charge in [0.25, 0.3) is 0 Å². The predicted molar refractivity (Wildman–Crippen MR) is 21.7 cm³/mol. The Hall–Kier alpha value is -0.380. The first-order valence-corrected chi connectivity index (χ1v) is 3.47. The van der Waals surface area contributed by atoms with Gasteiger partial charge in [0.2, 0.25) is 6.41 Å². The fourth-order valence-electron chi connectivity index (χ4n) is 0.149. The summed E-state index contributed by atoms with van der Waals surface area (Å²) in [6.07, 6.45) is -0.654. The Labute approximate surface area is 45.9 Å². The van der Waals surface area contributed by atoms with Crippen molar-refractivity contribution in [3.63, 3.8) is 0 Å². The quantitative estimate of drug-likeness (QED) is 0.346. The van der Waals surface area contributed by atoms with E-state index >= 15 is 0 Å². The minimum Gasteiger partial charge on any atom is -0.810 e. The monoisotopic (exact) mass is 137 g/mol. The van der Waals surface area contributed by atoms with Crippen molar-refractivity contribution in [1.82, 2.24) is 5.32 Å². The molecule has 1 N–H and O–H groups in total. The zero-order chi connectivity index (χ0) is 6.62. The largest absolute Gasteiger partial charge is 0.810 e. The lowest BCUT2D eigenvalue weighted by molar-refractivity contribution is -0.313. The number of nitrogens with one attached hydrogen (secondary N) is 1. The minimum atomic E-state index is -4.52. The summed E-state index contributed by atoms with van der Waals surface area (Å²) in [7, 11) is -4.52. The van der Waals surface area contributed by atoms with Gasteiger partial charge in [0.1, 0.15) is 0 Å². The molecule has 0 aliphatic rings. The van der Waals surface area contributed by atoms with Crippen molar-refractivity contribution < 1.29 is 19.1 Å². The van der Waals surface area contributed by atoms with Crippen LogP contribution in [0.25, 0.3) is 0 Å². The molecule has 0 saturated heterocycles. The summed E-state index contributed by atoms with van der Waals surface area (Å²) >= 11 is 0. The molecule has 0 aliphatic heterocycles. The van der Waals surface area contributed by atoms with E-state index in [0.717, 1.165) is 0 Å². The second-order valence-electron chi connectivity index (χ2n) is 1.09. The van der Waals surface area contributed by atoms with Crippen LogP contribution in [-0.4, -0.2) is 12.7 Å². The van der Waals surface area contributed by atoms with Crippen molar-refractivity contribution >= 4 is 14.0 Å². The highest BCUT2D eigenvalue weighted by atomic mass is 31.2. The molecular weight excluding hydrogens is 133 g/mol. The highest BCUT2D eigenvalue weighted by Gasteiger charge is 1.84. The lowest BCUT2D eigenvalue weighted by atomic mass is 11.2. The van der Waals surface area contributed by atoms with Gasteiger partial charge in [0, 0.05) is 6.29 Å². The van der Waals surface area contributed by atoms with Gasteiger partial charge < -0.3 is 19.7 Å². The first-order chi connectivity index (χ1) is 3.56. The first-order valence-electron chi connectivity index (χ1n) is 1.74. The fraction of sp³-hybridized carbons (Fsp3) is 0.500. The van der Waals surface area contributed by atoms with Gasteiger partial charge in [-0.2, -0.15) is 0 Å². The average molecular weight is 137 g/mol. The van der Waals surface area contributed by atoms with Gasteiger partial charge in [-0.1, -0.05) is 0 Å². The molecule has 8 heavy (non-hydrogen) atoms. The number of rotatable bonds is 3. The molecule has 0 aromatic carbocycles. The van der Waals surface area contributed by atoms with Crippen molar-refractivity contribution in [3.05, 3.63) is 0 Å². The van der Waals surface area contributed by atoms with Crippen LogP contribution < -0.4 is 15.1 Å². The van der Waals surface area contributed by atoms with Gasteiger partial charge in [-0.15, -0.1) is 0 Å². The number of hydrogen-bond acceptors (Lipinski definition) is 4. The third-order valence-electron chi connectivity index (χ3n) is 0.368. The van der Waals surface area contributed by atoms with E-state index in [4.69, 9.17) is 0 Å². The number of amides is 1. The highest BCUT2D eigenvalue weighted by molar-refractivity contribution is 7.48. The fourth-order valence-corrected chi connectivity index (χ4v) is 0.447. The summed E-state index contributed by atoms with van der Waals surface area (Å²) in [4.78, 5) is 28.6. The van der Waals surface area contributed by atoms with Crippen molar-refractivity contribution in [1.29, 1.82) is 0 Å². The molecule has 0 rings (SSSR count). The van der Waals surface area contributed by atoms with Crippen LogP contribution in [0.1, 0.15) is 0 Å². The van der Waals surface area contributed by atoms with Crippen LogP contribution in [-0.2, 0) is 9.36 Å². The smallest absolute Gasteiger partial charge is 0.207 e. The van der Waals surface area contributed by atoms with E-state index in [-0.39, 0.29) is 6.41 Å². The van der Waals surface area contributed by atoms with Gasteiger partial charge in [0.15, 0.2) is 0 Å². The molecule has 48 valence electrons. The maximum Gasteiger partial charge on any atom is 0.207 e. The average Bonchev–Trinajstić information content (AvgIpc) is 1.59. The van der Waals surface area contributed by atoms with Crippen molar-refractivity contribution in [2.24, 2.45) is 0 Å². The molecule has 0 aromatic rings. The number of carbonyl (C=O) groups excluding carboxylic acids is 1. The Balaban J connectivity index is 3.40. The zero-order valence-electron chi connectivity index (χ0n) is 3.86.